The van der Waals surface area contributed by atoms with Crippen molar-refractivity contribution in [3.05, 3.63) is 71.1 Å². The molecule has 2 aromatic heterocycles. The molecule has 152 valence electrons. The Morgan fingerprint density at radius 1 is 1.07 bits per heavy atom. The van der Waals surface area contributed by atoms with Gasteiger partial charge in [-0.3, -0.25) is 9.36 Å². The molecule has 5 rings (SSSR count). The highest BCUT2D eigenvalue weighted by atomic mass is 16.5. The zero-order valence-electron chi connectivity index (χ0n) is 16.8. The largest absolute Gasteiger partial charge is 0.379 e. The number of nitrogens with one attached hydrogen (secondary N) is 1. The van der Waals surface area contributed by atoms with Crippen LogP contribution < -0.4 is 10.9 Å². The van der Waals surface area contributed by atoms with Crippen LogP contribution in [0.15, 0.2) is 65.6 Å². The van der Waals surface area contributed by atoms with Crippen LogP contribution in [0.5, 0.6) is 0 Å². The van der Waals surface area contributed by atoms with Gasteiger partial charge in [-0.05, 0) is 36.1 Å². The summed E-state index contributed by atoms with van der Waals surface area (Å²) in [6.07, 6.45) is 3.56. The van der Waals surface area contributed by atoms with Crippen molar-refractivity contribution in [1.29, 1.82) is 0 Å². The average Bonchev–Trinajstić information content (AvgIpc) is 3.23. The van der Waals surface area contributed by atoms with Crippen LogP contribution in [0.2, 0.25) is 0 Å². The number of ether oxygens (including phenoxy) is 1. The van der Waals surface area contributed by atoms with Gasteiger partial charge in [-0.2, -0.15) is 10.1 Å². The number of aromatic nitrogens is 4. The molecule has 1 atom stereocenters. The maximum Gasteiger partial charge on any atom is 0.265 e. The molecule has 0 spiro atoms. The fourth-order valence-corrected chi connectivity index (χ4v) is 3.87. The molecular formula is C23H23N5O2. The summed E-state index contributed by atoms with van der Waals surface area (Å²) in [5.41, 5.74) is 3.63. The number of rotatable bonds is 4. The Hall–Kier alpha value is -3.45. The van der Waals surface area contributed by atoms with E-state index >= 15 is 0 Å². The summed E-state index contributed by atoms with van der Waals surface area (Å²) in [6, 6.07) is 18.4. The summed E-state index contributed by atoms with van der Waals surface area (Å²) in [5.74, 6) is 0.485. The minimum atomic E-state index is -0.119. The fourth-order valence-electron chi connectivity index (χ4n) is 3.87. The molecule has 4 aromatic rings. The molecule has 3 heterocycles. The predicted octanol–water partition coefficient (Wildman–Crippen LogP) is 3.89. The van der Waals surface area contributed by atoms with Gasteiger partial charge in [0, 0.05) is 19.3 Å². The van der Waals surface area contributed by atoms with E-state index in [-0.39, 0.29) is 11.6 Å². The third kappa shape index (κ3) is 3.37. The van der Waals surface area contributed by atoms with Crippen LogP contribution in [0.25, 0.3) is 22.2 Å². The van der Waals surface area contributed by atoms with Crippen molar-refractivity contribution in [2.24, 2.45) is 7.05 Å². The average molecular weight is 401 g/mol. The number of fused-ring (bicyclic) bond motifs is 1. The molecule has 0 amide bonds. The Morgan fingerprint density at radius 2 is 1.83 bits per heavy atom. The first-order valence-electron chi connectivity index (χ1n) is 10.2. The lowest BCUT2D eigenvalue weighted by molar-refractivity contribution is 0.0563. The number of benzene rings is 2. The second kappa shape index (κ2) is 7.76. The van der Waals surface area contributed by atoms with E-state index in [1.54, 1.807) is 13.2 Å². The third-order valence-corrected chi connectivity index (χ3v) is 5.56. The van der Waals surface area contributed by atoms with Crippen molar-refractivity contribution in [2.45, 2.75) is 18.9 Å². The third-order valence-electron chi connectivity index (χ3n) is 5.56. The monoisotopic (exact) mass is 401 g/mol. The van der Waals surface area contributed by atoms with Gasteiger partial charge in [-0.1, -0.05) is 42.5 Å². The molecule has 0 aliphatic carbocycles. The van der Waals surface area contributed by atoms with E-state index in [2.05, 4.69) is 34.7 Å². The zero-order valence-corrected chi connectivity index (χ0v) is 16.8. The SMILES string of the molecule is Cn1c(Nc2ccc(-c3ccccc3)cc2)nc2c(cnn2C2CCCOC2)c1=O. The molecule has 7 nitrogen and oxygen atoms in total. The quantitative estimate of drug-likeness (QED) is 0.562. The molecule has 30 heavy (non-hydrogen) atoms. The Labute approximate surface area is 173 Å². The highest BCUT2D eigenvalue weighted by Crippen LogP contribution is 2.25. The maximum atomic E-state index is 12.9. The number of hydrogen-bond acceptors (Lipinski definition) is 5. The van der Waals surface area contributed by atoms with Gasteiger partial charge in [-0.15, -0.1) is 0 Å². The Kier molecular flexibility index (Phi) is 4.80. The van der Waals surface area contributed by atoms with Crippen LogP contribution in [0.3, 0.4) is 0 Å². The number of nitrogens with zero attached hydrogens (tertiary/aromatic N) is 4. The summed E-state index contributed by atoms with van der Waals surface area (Å²) < 4.78 is 8.95. The summed E-state index contributed by atoms with van der Waals surface area (Å²) in [7, 11) is 1.72. The second-order valence-electron chi connectivity index (χ2n) is 7.57. The van der Waals surface area contributed by atoms with Gasteiger partial charge in [0.25, 0.3) is 5.56 Å². The van der Waals surface area contributed by atoms with Crippen LogP contribution in [-0.4, -0.2) is 32.5 Å². The van der Waals surface area contributed by atoms with Crippen molar-refractivity contribution in [3.8, 4) is 11.1 Å². The van der Waals surface area contributed by atoms with Crippen molar-refractivity contribution in [1.82, 2.24) is 19.3 Å². The van der Waals surface area contributed by atoms with Gasteiger partial charge in [0.2, 0.25) is 5.95 Å². The first-order valence-corrected chi connectivity index (χ1v) is 10.2. The minimum absolute atomic E-state index is 0.105. The van der Waals surface area contributed by atoms with E-state index in [0.29, 0.717) is 23.6 Å². The van der Waals surface area contributed by atoms with Gasteiger partial charge < -0.3 is 10.1 Å². The van der Waals surface area contributed by atoms with Crippen molar-refractivity contribution in [2.75, 3.05) is 18.5 Å². The van der Waals surface area contributed by atoms with Gasteiger partial charge in [0.1, 0.15) is 5.39 Å². The van der Waals surface area contributed by atoms with Gasteiger partial charge in [0.05, 0.1) is 18.8 Å². The van der Waals surface area contributed by atoms with Gasteiger partial charge >= 0.3 is 0 Å². The van der Waals surface area contributed by atoms with E-state index in [1.165, 1.54) is 4.57 Å². The second-order valence-corrected chi connectivity index (χ2v) is 7.57. The molecule has 0 bridgehead atoms. The van der Waals surface area contributed by atoms with E-state index in [9.17, 15) is 4.79 Å². The molecule has 1 N–H and O–H groups in total. The van der Waals surface area contributed by atoms with Gasteiger partial charge in [-0.25, -0.2) is 4.68 Å². The standard InChI is InChI=1S/C23H23N5O2/c1-27-22(29)20-14-24-28(19-8-5-13-30-15-19)21(20)26-23(27)25-18-11-9-17(10-12-18)16-6-3-2-4-7-16/h2-4,6-7,9-12,14,19H,5,8,13,15H2,1H3,(H,25,26). The highest BCUT2D eigenvalue weighted by Gasteiger charge is 2.21. The van der Waals surface area contributed by atoms with E-state index in [1.807, 2.05) is 35.0 Å². The zero-order chi connectivity index (χ0) is 20.5. The van der Waals surface area contributed by atoms with E-state index in [4.69, 9.17) is 9.72 Å². The molecule has 1 unspecified atom stereocenters. The van der Waals surface area contributed by atoms with E-state index < -0.39 is 0 Å². The van der Waals surface area contributed by atoms with Crippen LogP contribution in [0.1, 0.15) is 18.9 Å². The van der Waals surface area contributed by atoms with E-state index in [0.717, 1.165) is 36.3 Å². The normalized spacial score (nSPS) is 16.6. The summed E-state index contributed by atoms with van der Waals surface area (Å²) in [4.78, 5) is 17.6. The fraction of sp³-hybridized carbons (Fsp3) is 0.261. The maximum absolute atomic E-state index is 12.9. The van der Waals surface area contributed by atoms with Crippen LogP contribution >= 0.6 is 0 Å². The lowest BCUT2D eigenvalue weighted by Gasteiger charge is -2.22. The minimum Gasteiger partial charge on any atom is -0.379 e. The van der Waals surface area contributed by atoms with Crippen molar-refractivity contribution in [3.63, 3.8) is 0 Å². The van der Waals surface area contributed by atoms with Crippen molar-refractivity contribution < 1.29 is 4.74 Å². The molecular weight excluding hydrogens is 378 g/mol. The Bertz CT molecular complexity index is 1220. The summed E-state index contributed by atoms with van der Waals surface area (Å²) in [6.45, 7) is 1.37. The molecule has 0 saturated carbocycles. The van der Waals surface area contributed by atoms with Crippen LogP contribution in [-0.2, 0) is 11.8 Å². The smallest absolute Gasteiger partial charge is 0.265 e. The molecule has 1 aliphatic rings. The van der Waals surface area contributed by atoms with Gasteiger partial charge in [0.15, 0.2) is 5.65 Å². The Balaban J connectivity index is 1.48. The molecule has 7 heteroatoms. The summed E-state index contributed by atoms with van der Waals surface area (Å²) >= 11 is 0. The number of anilines is 2. The number of hydrogen-bond donors (Lipinski definition) is 1. The Morgan fingerprint density at radius 3 is 2.57 bits per heavy atom. The predicted molar refractivity (Wildman–Crippen MR) is 117 cm³/mol. The lowest BCUT2D eigenvalue weighted by atomic mass is 10.1. The summed E-state index contributed by atoms with van der Waals surface area (Å²) in [5, 5.41) is 8.25. The first kappa shape index (κ1) is 18.6. The molecule has 1 fully saturated rings. The topological polar surface area (TPSA) is 74.0 Å². The molecule has 2 aromatic carbocycles. The highest BCUT2D eigenvalue weighted by molar-refractivity contribution is 5.76. The molecule has 0 radical (unpaired) electrons. The van der Waals surface area contributed by atoms with Crippen LogP contribution in [0, 0.1) is 0 Å². The van der Waals surface area contributed by atoms with Crippen LogP contribution in [0.4, 0.5) is 11.6 Å². The molecule has 1 aliphatic heterocycles. The lowest BCUT2D eigenvalue weighted by Crippen LogP contribution is -2.24. The van der Waals surface area contributed by atoms with Crippen molar-refractivity contribution >= 4 is 22.7 Å². The first-order chi connectivity index (χ1) is 14.7. The molecule has 1 saturated heterocycles.